The zero-order chi connectivity index (χ0) is 18.6. The van der Waals surface area contributed by atoms with Crippen molar-refractivity contribution >= 4 is 10.0 Å². The highest BCUT2D eigenvalue weighted by atomic mass is 32.2. The van der Waals surface area contributed by atoms with Gasteiger partial charge in [0.15, 0.2) is 0 Å². The molecule has 2 aromatic rings. The van der Waals surface area contributed by atoms with Gasteiger partial charge in [-0.1, -0.05) is 18.2 Å². The van der Waals surface area contributed by atoms with Gasteiger partial charge in [-0.2, -0.15) is 0 Å². The minimum Gasteiger partial charge on any atom is -0.497 e. The molecule has 0 saturated carbocycles. The summed E-state index contributed by atoms with van der Waals surface area (Å²) >= 11 is 0. The molecule has 0 aliphatic heterocycles. The maximum absolute atomic E-state index is 12.6. The Bertz CT molecular complexity index is 832. The molecule has 0 aliphatic rings. The second-order valence-electron chi connectivity index (χ2n) is 6.35. The first-order chi connectivity index (χ1) is 11.7. The lowest BCUT2D eigenvalue weighted by atomic mass is 10.1. The summed E-state index contributed by atoms with van der Waals surface area (Å²) in [5.74, 6) is 0.751. The molecule has 2 aromatic carbocycles. The molecule has 0 radical (unpaired) electrons. The largest absolute Gasteiger partial charge is 0.497 e. The monoisotopic (exact) mass is 362 g/mol. The van der Waals surface area contributed by atoms with Crippen molar-refractivity contribution < 1.29 is 13.2 Å². The molecule has 136 valence electrons. The second kappa shape index (κ2) is 7.99. The van der Waals surface area contributed by atoms with Crippen LogP contribution in [0.3, 0.4) is 0 Å². The van der Waals surface area contributed by atoms with Gasteiger partial charge in [-0.15, -0.1) is 0 Å². The predicted molar refractivity (Wildman–Crippen MR) is 101 cm³/mol. The Kier molecular flexibility index (Phi) is 6.21. The van der Waals surface area contributed by atoms with Gasteiger partial charge in [0.1, 0.15) is 5.75 Å². The Hall–Kier alpha value is -1.89. The predicted octanol–water partition coefficient (Wildman–Crippen LogP) is 2.89. The van der Waals surface area contributed by atoms with Crippen LogP contribution in [-0.4, -0.2) is 41.1 Å². The normalized spacial score (nSPS) is 13.0. The number of nitrogens with one attached hydrogen (secondary N) is 1. The summed E-state index contributed by atoms with van der Waals surface area (Å²) in [6.07, 6.45) is 0. The summed E-state index contributed by atoms with van der Waals surface area (Å²) in [5, 5.41) is 0. The minimum absolute atomic E-state index is 0.101. The van der Waals surface area contributed by atoms with Crippen molar-refractivity contribution in [3.8, 4) is 5.75 Å². The molecule has 1 N–H and O–H groups in total. The first kappa shape index (κ1) is 19.4. The molecule has 2 rings (SSSR count). The molecule has 0 bridgehead atoms. The topological polar surface area (TPSA) is 58.6 Å². The third kappa shape index (κ3) is 4.81. The Morgan fingerprint density at radius 1 is 1.08 bits per heavy atom. The fourth-order valence-corrected chi connectivity index (χ4v) is 3.72. The Morgan fingerprint density at radius 2 is 1.80 bits per heavy atom. The van der Waals surface area contributed by atoms with Crippen LogP contribution in [0, 0.1) is 13.8 Å². The fourth-order valence-electron chi connectivity index (χ4n) is 2.60. The van der Waals surface area contributed by atoms with Crippen molar-refractivity contribution in [1.29, 1.82) is 0 Å². The van der Waals surface area contributed by atoms with E-state index in [2.05, 4.69) is 4.72 Å². The van der Waals surface area contributed by atoms with E-state index in [9.17, 15) is 8.42 Å². The molecule has 6 heteroatoms. The molecule has 0 heterocycles. The van der Waals surface area contributed by atoms with Gasteiger partial charge in [0.25, 0.3) is 0 Å². The highest BCUT2D eigenvalue weighted by Gasteiger charge is 2.20. The maximum atomic E-state index is 12.6. The van der Waals surface area contributed by atoms with Gasteiger partial charge >= 0.3 is 0 Å². The SMILES string of the molecule is COc1cccc([C@H](CNS(=O)(=O)c2ccc(C)c(C)c2)N(C)C)c1. The summed E-state index contributed by atoms with van der Waals surface area (Å²) in [6.45, 7) is 4.15. The number of hydrogen-bond donors (Lipinski definition) is 1. The molecule has 0 fully saturated rings. The van der Waals surface area contributed by atoms with E-state index in [0.717, 1.165) is 22.4 Å². The van der Waals surface area contributed by atoms with Crippen LogP contribution in [0.15, 0.2) is 47.4 Å². The quantitative estimate of drug-likeness (QED) is 0.823. The summed E-state index contributed by atoms with van der Waals surface area (Å²) in [4.78, 5) is 2.27. The molecule has 0 amide bonds. The summed E-state index contributed by atoms with van der Waals surface area (Å²) in [6, 6.07) is 12.7. The number of benzene rings is 2. The van der Waals surface area contributed by atoms with E-state index >= 15 is 0 Å². The Morgan fingerprint density at radius 3 is 2.40 bits per heavy atom. The molecule has 0 aliphatic carbocycles. The number of nitrogens with zero attached hydrogens (tertiary/aromatic N) is 1. The highest BCUT2D eigenvalue weighted by Crippen LogP contribution is 2.23. The lowest BCUT2D eigenvalue weighted by Gasteiger charge is -2.25. The number of hydrogen-bond acceptors (Lipinski definition) is 4. The summed E-state index contributed by atoms with van der Waals surface area (Å²) in [7, 11) is 1.91. The minimum atomic E-state index is -3.56. The van der Waals surface area contributed by atoms with Crippen LogP contribution < -0.4 is 9.46 Å². The lowest BCUT2D eigenvalue weighted by molar-refractivity contribution is 0.298. The molecule has 0 unspecified atom stereocenters. The van der Waals surface area contributed by atoms with Gasteiger partial charge in [0.05, 0.1) is 12.0 Å². The standard InChI is InChI=1S/C19H26N2O3S/c1-14-9-10-18(11-15(14)2)25(22,23)20-13-19(21(3)4)16-7-6-8-17(12-16)24-5/h6-12,19-20H,13H2,1-5H3/t19-/m0/s1. The average molecular weight is 362 g/mol. The highest BCUT2D eigenvalue weighted by molar-refractivity contribution is 7.89. The molecule has 0 aromatic heterocycles. The molecular weight excluding hydrogens is 336 g/mol. The molecule has 0 saturated heterocycles. The zero-order valence-corrected chi connectivity index (χ0v) is 16.2. The Balaban J connectivity index is 2.21. The fraction of sp³-hybridized carbons (Fsp3) is 0.368. The summed E-state index contributed by atoms with van der Waals surface area (Å²) < 4.78 is 33.2. The number of likely N-dealkylation sites (N-methyl/N-ethyl adjacent to an activating group) is 1. The van der Waals surface area contributed by atoms with E-state index in [-0.39, 0.29) is 12.6 Å². The van der Waals surface area contributed by atoms with Crippen LogP contribution in [0.1, 0.15) is 22.7 Å². The number of rotatable bonds is 7. The van der Waals surface area contributed by atoms with Gasteiger partial charge in [-0.3, -0.25) is 0 Å². The van der Waals surface area contributed by atoms with Gasteiger partial charge in [-0.25, -0.2) is 13.1 Å². The van der Waals surface area contributed by atoms with Crippen molar-refractivity contribution in [3.05, 3.63) is 59.2 Å². The van der Waals surface area contributed by atoms with Crippen molar-refractivity contribution in [2.45, 2.75) is 24.8 Å². The molecule has 0 spiro atoms. The maximum Gasteiger partial charge on any atom is 0.240 e. The van der Waals surface area contributed by atoms with Gasteiger partial charge in [-0.05, 0) is 68.9 Å². The number of sulfonamides is 1. The van der Waals surface area contributed by atoms with E-state index in [1.807, 2.05) is 63.2 Å². The van der Waals surface area contributed by atoms with Gasteiger partial charge in [0.2, 0.25) is 10.0 Å². The third-order valence-electron chi connectivity index (χ3n) is 4.36. The van der Waals surface area contributed by atoms with Crippen LogP contribution in [0.4, 0.5) is 0 Å². The third-order valence-corrected chi connectivity index (χ3v) is 5.78. The average Bonchev–Trinajstić information content (AvgIpc) is 2.57. The first-order valence-electron chi connectivity index (χ1n) is 8.12. The van der Waals surface area contributed by atoms with Crippen molar-refractivity contribution in [2.24, 2.45) is 0 Å². The van der Waals surface area contributed by atoms with E-state index in [1.54, 1.807) is 19.2 Å². The Labute approximate surface area is 150 Å². The smallest absolute Gasteiger partial charge is 0.240 e. The van der Waals surface area contributed by atoms with Crippen molar-refractivity contribution in [1.82, 2.24) is 9.62 Å². The summed E-state index contributed by atoms with van der Waals surface area (Å²) in [5.41, 5.74) is 3.02. The first-order valence-corrected chi connectivity index (χ1v) is 9.60. The second-order valence-corrected chi connectivity index (χ2v) is 8.12. The van der Waals surface area contributed by atoms with E-state index in [4.69, 9.17) is 4.74 Å². The number of ether oxygens (including phenoxy) is 1. The molecular formula is C19H26N2O3S. The van der Waals surface area contributed by atoms with E-state index < -0.39 is 10.0 Å². The van der Waals surface area contributed by atoms with E-state index in [1.165, 1.54) is 0 Å². The van der Waals surface area contributed by atoms with Crippen LogP contribution in [0.25, 0.3) is 0 Å². The molecule has 25 heavy (non-hydrogen) atoms. The lowest BCUT2D eigenvalue weighted by Crippen LogP contribution is -2.34. The van der Waals surface area contributed by atoms with Crippen LogP contribution in [-0.2, 0) is 10.0 Å². The molecule has 5 nitrogen and oxygen atoms in total. The zero-order valence-electron chi connectivity index (χ0n) is 15.4. The van der Waals surface area contributed by atoms with Crippen LogP contribution in [0.2, 0.25) is 0 Å². The van der Waals surface area contributed by atoms with Gasteiger partial charge < -0.3 is 9.64 Å². The van der Waals surface area contributed by atoms with Crippen LogP contribution in [0.5, 0.6) is 5.75 Å². The van der Waals surface area contributed by atoms with Crippen molar-refractivity contribution in [3.63, 3.8) is 0 Å². The van der Waals surface area contributed by atoms with E-state index in [0.29, 0.717) is 4.90 Å². The number of aryl methyl sites for hydroxylation is 2. The van der Waals surface area contributed by atoms with Crippen LogP contribution >= 0.6 is 0 Å². The number of methoxy groups -OCH3 is 1. The molecule has 1 atom stereocenters. The van der Waals surface area contributed by atoms with Crippen molar-refractivity contribution in [2.75, 3.05) is 27.7 Å². The van der Waals surface area contributed by atoms with Gasteiger partial charge in [0, 0.05) is 12.6 Å².